The Balaban J connectivity index is 0. The summed E-state index contributed by atoms with van der Waals surface area (Å²) < 4.78 is 31.7. The maximum absolute atomic E-state index is 10.6. The number of benzene rings is 1. The molecule has 0 heterocycles. The quantitative estimate of drug-likeness (QED) is 0.184. The third kappa shape index (κ3) is 11.4. The number of aliphatic carboxylic acids is 1. The monoisotopic (exact) mass is 599 g/mol. The Morgan fingerprint density at radius 1 is 0.848 bits per heavy atom. The molecule has 2 nitrogen and oxygen atoms in total. The third-order valence-electron chi connectivity index (χ3n) is 5.69. The zero-order valence-electron chi connectivity index (χ0n) is 21.7. The number of hydrogen-bond acceptors (Lipinski definition) is 1. The van der Waals surface area contributed by atoms with Gasteiger partial charge in [0, 0.05) is 20.4 Å². The van der Waals surface area contributed by atoms with Crippen LogP contribution in [0.15, 0.2) is 6.07 Å². The van der Waals surface area contributed by atoms with Crippen molar-refractivity contribution in [2.75, 3.05) is 0 Å². The summed E-state index contributed by atoms with van der Waals surface area (Å²) in [6.45, 7) is 28.4. The van der Waals surface area contributed by atoms with Crippen LogP contribution in [0.25, 0.3) is 0 Å². The Bertz CT molecular complexity index is 686. The summed E-state index contributed by atoms with van der Waals surface area (Å²) in [4.78, 5) is 8.90. The predicted octanol–water partition coefficient (Wildman–Crippen LogP) is 8.71. The van der Waals surface area contributed by atoms with Crippen LogP contribution in [0, 0.1) is 20.8 Å². The van der Waals surface area contributed by atoms with Gasteiger partial charge >= 0.3 is 12.1 Å². The van der Waals surface area contributed by atoms with E-state index in [2.05, 4.69) is 82.2 Å². The number of carboxylic acids is 1. The van der Waals surface area contributed by atoms with Crippen LogP contribution in [0.5, 0.6) is 0 Å². The molecule has 1 aromatic carbocycles. The van der Waals surface area contributed by atoms with Crippen molar-refractivity contribution in [2.24, 2.45) is 0 Å². The van der Waals surface area contributed by atoms with E-state index in [9.17, 15) is 13.2 Å². The minimum Gasteiger partial charge on any atom is -0.475 e. The average Bonchev–Trinajstić information content (AvgIpc) is 2.59. The Morgan fingerprint density at radius 2 is 1.09 bits per heavy atom. The largest absolute Gasteiger partial charge is 0.490 e. The molecule has 0 radical (unpaired) electrons. The van der Waals surface area contributed by atoms with Gasteiger partial charge in [0.2, 0.25) is 0 Å². The maximum atomic E-state index is 10.6. The summed E-state index contributed by atoms with van der Waals surface area (Å²) in [6.07, 6.45) is -2.60. The molecule has 0 saturated heterocycles. The minimum atomic E-state index is -5.08. The molecule has 0 fully saturated rings. The van der Waals surface area contributed by atoms with Gasteiger partial charge in [0.05, 0.1) is 0 Å². The van der Waals surface area contributed by atoms with Crippen molar-refractivity contribution in [1.29, 1.82) is 0 Å². The Hall–Kier alpha value is -0.128. The van der Waals surface area contributed by atoms with Crippen LogP contribution in [0.3, 0.4) is 0 Å². The van der Waals surface area contributed by atoms with E-state index in [0.717, 1.165) is 22.6 Å². The van der Waals surface area contributed by atoms with Crippen molar-refractivity contribution in [1.82, 2.24) is 0 Å². The van der Waals surface area contributed by atoms with E-state index in [1.165, 1.54) is 29.0 Å². The van der Waals surface area contributed by atoms with Crippen molar-refractivity contribution < 1.29 is 43.5 Å². The summed E-state index contributed by atoms with van der Waals surface area (Å²) in [5.74, 6) is -2.76. The van der Waals surface area contributed by atoms with Crippen LogP contribution in [0.1, 0.15) is 83.2 Å². The summed E-state index contributed by atoms with van der Waals surface area (Å²) >= 11 is 0. The Kier molecular flexibility index (Phi) is 16.0. The van der Waals surface area contributed by atoms with Gasteiger partial charge in [-0.25, -0.2) is 4.79 Å². The van der Waals surface area contributed by atoms with Crippen LogP contribution in [0.2, 0.25) is 0 Å². The molecule has 1 aromatic rings. The first-order valence-corrected chi connectivity index (χ1v) is 14.5. The molecule has 0 aromatic heterocycles. The second-order valence-electron chi connectivity index (χ2n) is 9.47. The van der Waals surface area contributed by atoms with Crippen molar-refractivity contribution in [2.45, 2.75) is 110 Å². The third-order valence-corrected chi connectivity index (χ3v) is 12.4. The van der Waals surface area contributed by atoms with Crippen LogP contribution < -0.4 is 0 Å². The maximum Gasteiger partial charge on any atom is 0.490 e. The molecule has 0 amide bonds. The normalized spacial score (nSPS) is 12.0. The van der Waals surface area contributed by atoms with Gasteiger partial charge in [0.25, 0.3) is 0 Å². The van der Waals surface area contributed by atoms with E-state index < -0.39 is 12.1 Å². The molecule has 0 bridgehead atoms. The van der Waals surface area contributed by atoms with Gasteiger partial charge in [0.15, 0.2) is 0 Å². The van der Waals surface area contributed by atoms with Crippen LogP contribution in [-0.2, 0) is 37.5 Å². The number of hydrogen-bond donors (Lipinski definition) is 1. The average molecular weight is 600 g/mol. The minimum absolute atomic E-state index is 0. The molecule has 0 saturated carbocycles. The molecule has 0 spiro atoms. The number of rotatable bonds is 8. The fourth-order valence-electron chi connectivity index (χ4n) is 3.89. The zero-order valence-corrected chi connectivity index (χ0v) is 25.1. The summed E-state index contributed by atoms with van der Waals surface area (Å²) in [6, 6.07) is 2.43. The molecular formula is C25H42F3O2P2Pd-. The molecular weight excluding hydrogens is 558 g/mol. The smallest absolute Gasteiger partial charge is 0.475 e. The summed E-state index contributed by atoms with van der Waals surface area (Å²) in [5, 5.41) is 7.12. The van der Waals surface area contributed by atoms with E-state index in [1.807, 2.05) is 0 Å². The molecule has 0 unspecified atom stereocenters. The molecule has 0 aliphatic rings. The number of aryl methyl sites for hydroxylation is 2. The first-order valence-electron chi connectivity index (χ1n) is 11.2. The number of halogens is 3. The van der Waals surface area contributed by atoms with Crippen molar-refractivity contribution in [3.63, 3.8) is 0 Å². The molecule has 1 N–H and O–H groups in total. The van der Waals surface area contributed by atoms with Gasteiger partial charge in [-0.3, -0.25) is 0 Å². The van der Waals surface area contributed by atoms with Gasteiger partial charge in [-0.1, -0.05) is 87.6 Å². The van der Waals surface area contributed by atoms with E-state index in [1.54, 1.807) is 11.1 Å². The topological polar surface area (TPSA) is 37.3 Å². The van der Waals surface area contributed by atoms with E-state index >= 15 is 0 Å². The van der Waals surface area contributed by atoms with Gasteiger partial charge in [-0.05, 0) is 22.6 Å². The second-order valence-corrected chi connectivity index (χ2v) is 16.3. The standard InChI is InChI=1S/C23H41P2.C2HF3O2.Pd/c1-15(2)24(16(3)4)13-22-19(9)12-20(10)23(21(22)11)14-25(17(5)6)18(7)8;3-2(4,5)1(6)7;/h12,15-18H,11,13-14H2,1-10H3;(H,6,7);/q-1;;. The fourth-order valence-corrected chi connectivity index (χ4v) is 9.34. The molecule has 0 atom stereocenters. The zero-order chi connectivity index (χ0) is 25.5. The predicted molar refractivity (Wildman–Crippen MR) is 136 cm³/mol. The van der Waals surface area contributed by atoms with E-state index in [-0.39, 0.29) is 36.3 Å². The van der Waals surface area contributed by atoms with Crippen LogP contribution in [-0.4, -0.2) is 39.9 Å². The molecule has 0 aliphatic carbocycles. The number of carboxylic acid groups (broad SMARTS) is 1. The Morgan fingerprint density at radius 3 is 1.27 bits per heavy atom. The Labute approximate surface area is 216 Å². The van der Waals surface area contributed by atoms with Crippen molar-refractivity contribution in [3.8, 4) is 0 Å². The van der Waals surface area contributed by atoms with E-state index in [4.69, 9.17) is 9.90 Å². The molecule has 196 valence electrons. The van der Waals surface area contributed by atoms with Crippen molar-refractivity contribution in [3.05, 3.63) is 40.8 Å². The molecule has 0 aliphatic heterocycles. The van der Waals surface area contributed by atoms with Crippen molar-refractivity contribution >= 4 is 21.8 Å². The molecule has 1 rings (SSSR count). The number of carbonyl (C=O) groups is 1. The SMILES string of the molecule is O=C(O)C(F)(F)F.[CH2-]c1c(CP(C(C)C)C(C)C)c(C)cc(C)c1CP(C(C)C)C(C)C.[Pd]. The number of alkyl halides is 3. The van der Waals surface area contributed by atoms with Crippen LogP contribution >= 0.6 is 15.8 Å². The van der Waals surface area contributed by atoms with Gasteiger partial charge in [-0.15, -0.1) is 38.1 Å². The summed E-state index contributed by atoms with van der Waals surface area (Å²) in [7, 11) is 0.0214. The summed E-state index contributed by atoms with van der Waals surface area (Å²) in [5.41, 5.74) is 10.5. The first kappa shape index (κ1) is 35.0. The molecule has 33 heavy (non-hydrogen) atoms. The van der Waals surface area contributed by atoms with Gasteiger partial charge in [0.1, 0.15) is 0 Å². The van der Waals surface area contributed by atoms with E-state index in [0.29, 0.717) is 0 Å². The van der Waals surface area contributed by atoms with Gasteiger partial charge < -0.3 is 5.11 Å². The fraction of sp³-hybridized carbons (Fsp3) is 0.680. The first-order chi connectivity index (χ1) is 14.4. The van der Waals surface area contributed by atoms with Crippen LogP contribution in [0.4, 0.5) is 13.2 Å². The molecule has 8 heteroatoms. The van der Waals surface area contributed by atoms with Gasteiger partial charge in [-0.2, -0.15) is 25.7 Å². The second kappa shape index (κ2) is 15.1.